The zero-order chi connectivity index (χ0) is 13.8. The molecule has 2 N–H and O–H groups in total. The minimum Gasteiger partial charge on any atom is -0.365 e. The summed E-state index contributed by atoms with van der Waals surface area (Å²) < 4.78 is 1.42. The predicted molar refractivity (Wildman–Crippen MR) is 77.8 cm³/mol. The lowest BCUT2D eigenvalue weighted by Gasteiger charge is -2.37. The molecule has 1 saturated heterocycles. The number of anilines is 1. The van der Waals surface area contributed by atoms with Gasteiger partial charge in [0.05, 0.1) is 11.9 Å². The van der Waals surface area contributed by atoms with Crippen LogP contribution in [0.4, 0.5) is 5.69 Å². The van der Waals surface area contributed by atoms with E-state index in [0.717, 1.165) is 31.5 Å². The van der Waals surface area contributed by atoms with Gasteiger partial charge in [-0.2, -0.15) is 5.10 Å². The van der Waals surface area contributed by atoms with E-state index in [0.29, 0.717) is 13.1 Å². The first-order valence-corrected chi connectivity index (χ1v) is 7.29. The van der Waals surface area contributed by atoms with Gasteiger partial charge in [0, 0.05) is 25.7 Å². The molecule has 1 atom stereocenters. The minimum atomic E-state index is -0.206. The number of aryl methyl sites for hydroxylation is 1. The SMILES string of the molecule is CCCn1ncc(N2CCCCC2CN)c(Cl)c1=O. The van der Waals surface area contributed by atoms with Crippen molar-refractivity contribution >= 4 is 17.3 Å². The fourth-order valence-corrected chi connectivity index (χ4v) is 2.85. The van der Waals surface area contributed by atoms with Crippen molar-refractivity contribution < 1.29 is 0 Å². The van der Waals surface area contributed by atoms with E-state index in [9.17, 15) is 4.79 Å². The highest BCUT2D eigenvalue weighted by Gasteiger charge is 2.24. The Hall–Kier alpha value is -1.07. The molecule has 0 saturated carbocycles. The van der Waals surface area contributed by atoms with Gasteiger partial charge in [-0.1, -0.05) is 18.5 Å². The van der Waals surface area contributed by atoms with Crippen molar-refractivity contribution in [3.05, 3.63) is 21.6 Å². The van der Waals surface area contributed by atoms with E-state index in [2.05, 4.69) is 10.00 Å². The van der Waals surface area contributed by atoms with Gasteiger partial charge in [-0.25, -0.2) is 4.68 Å². The summed E-state index contributed by atoms with van der Waals surface area (Å²) in [5.74, 6) is 0. The molecule has 5 nitrogen and oxygen atoms in total. The third kappa shape index (κ3) is 2.92. The molecular formula is C13H21ClN4O. The van der Waals surface area contributed by atoms with Gasteiger partial charge in [0.25, 0.3) is 5.56 Å². The van der Waals surface area contributed by atoms with Crippen molar-refractivity contribution in [2.45, 2.75) is 45.2 Å². The topological polar surface area (TPSA) is 64.2 Å². The van der Waals surface area contributed by atoms with Crippen LogP contribution in [0.25, 0.3) is 0 Å². The summed E-state index contributed by atoms with van der Waals surface area (Å²) in [6.07, 6.45) is 5.89. The van der Waals surface area contributed by atoms with Crippen LogP contribution in [0.2, 0.25) is 5.02 Å². The third-order valence-electron chi connectivity index (χ3n) is 3.61. The number of hydrogen-bond acceptors (Lipinski definition) is 4. The third-order valence-corrected chi connectivity index (χ3v) is 3.97. The summed E-state index contributed by atoms with van der Waals surface area (Å²) in [6, 6.07) is 0.259. The zero-order valence-corrected chi connectivity index (χ0v) is 12.1. The lowest BCUT2D eigenvalue weighted by Crippen LogP contribution is -2.45. The molecule has 2 rings (SSSR count). The molecule has 1 aliphatic heterocycles. The van der Waals surface area contributed by atoms with Crippen molar-refractivity contribution in [1.29, 1.82) is 0 Å². The summed E-state index contributed by atoms with van der Waals surface area (Å²) in [7, 11) is 0. The number of nitrogens with zero attached hydrogens (tertiary/aromatic N) is 3. The Labute approximate surface area is 118 Å². The molecule has 2 heterocycles. The van der Waals surface area contributed by atoms with E-state index in [1.165, 1.54) is 11.1 Å². The molecule has 19 heavy (non-hydrogen) atoms. The molecule has 0 aliphatic carbocycles. The zero-order valence-electron chi connectivity index (χ0n) is 11.3. The highest BCUT2D eigenvalue weighted by Crippen LogP contribution is 2.27. The summed E-state index contributed by atoms with van der Waals surface area (Å²) in [6.45, 7) is 4.07. The summed E-state index contributed by atoms with van der Waals surface area (Å²) >= 11 is 6.23. The van der Waals surface area contributed by atoms with E-state index in [1.54, 1.807) is 6.20 Å². The smallest absolute Gasteiger partial charge is 0.287 e. The molecule has 1 fully saturated rings. The fourth-order valence-electron chi connectivity index (χ4n) is 2.59. The van der Waals surface area contributed by atoms with Gasteiger partial charge < -0.3 is 10.6 Å². The van der Waals surface area contributed by atoms with Gasteiger partial charge in [-0.3, -0.25) is 4.79 Å². The molecule has 1 aromatic rings. The van der Waals surface area contributed by atoms with Crippen LogP contribution in [0, 0.1) is 0 Å². The Kier molecular flexibility index (Phi) is 4.82. The number of aromatic nitrogens is 2. The standard InChI is InChI=1S/C13H21ClN4O/c1-2-6-18-13(19)12(14)11(9-16-18)17-7-4-3-5-10(17)8-15/h9-10H,2-8,15H2,1H3. The van der Waals surface area contributed by atoms with E-state index in [4.69, 9.17) is 17.3 Å². The first kappa shape index (κ1) is 14.3. The summed E-state index contributed by atoms with van der Waals surface area (Å²) in [4.78, 5) is 14.3. The van der Waals surface area contributed by atoms with Gasteiger partial charge >= 0.3 is 0 Å². The number of hydrogen-bond donors (Lipinski definition) is 1. The van der Waals surface area contributed by atoms with Crippen molar-refractivity contribution in [2.24, 2.45) is 5.73 Å². The molecule has 106 valence electrons. The molecule has 0 amide bonds. The van der Waals surface area contributed by atoms with E-state index < -0.39 is 0 Å². The number of rotatable bonds is 4. The lowest BCUT2D eigenvalue weighted by molar-refractivity contribution is 0.463. The van der Waals surface area contributed by atoms with Crippen LogP contribution in [0.1, 0.15) is 32.6 Å². The van der Waals surface area contributed by atoms with Gasteiger partial charge in [0.2, 0.25) is 0 Å². The molecule has 0 aromatic carbocycles. The van der Waals surface area contributed by atoms with E-state index in [-0.39, 0.29) is 16.6 Å². The molecule has 1 aliphatic rings. The predicted octanol–water partition coefficient (Wildman–Crippen LogP) is 1.62. The maximum Gasteiger partial charge on any atom is 0.287 e. The number of nitrogens with two attached hydrogens (primary N) is 1. The number of halogens is 1. The van der Waals surface area contributed by atoms with Crippen LogP contribution in [-0.4, -0.2) is 28.9 Å². The molecule has 0 radical (unpaired) electrons. The highest BCUT2D eigenvalue weighted by atomic mass is 35.5. The van der Waals surface area contributed by atoms with E-state index in [1.807, 2.05) is 6.92 Å². The Balaban J connectivity index is 2.34. The quantitative estimate of drug-likeness (QED) is 0.913. The average Bonchev–Trinajstić information content (AvgIpc) is 2.44. The van der Waals surface area contributed by atoms with Crippen LogP contribution in [-0.2, 0) is 6.54 Å². The maximum absolute atomic E-state index is 12.1. The largest absolute Gasteiger partial charge is 0.365 e. The maximum atomic E-state index is 12.1. The molecular weight excluding hydrogens is 264 g/mol. The van der Waals surface area contributed by atoms with Crippen molar-refractivity contribution in [2.75, 3.05) is 18.0 Å². The average molecular weight is 285 g/mol. The molecule has 1 aromatic heterocycles. The second-order valence-electron chi connectivity index (χ2n) is 4.95. The summed E-state index contributed by atoms with van der Waals surface area (Å²) in [5.41, 5.74) is 6.33. The van der Waals surface area contributed by atoms with Crippen LogP contribution >= 0.6 is 11.6 Å². The van der Waals surface area contributed by atoms with Crippen molar-refractivity contribution in [3.63, 3.8) is 0 Å². The van der Waals surface area contributed by atoms with Gasteiger partial charge in [-0.15, -0.1) is 0 Å². The first-order valence-electron chi connectivity index (χ1n) is 6.91. The van der Waals surface area contributed by atoms with Crippen LogP contribution in [0.3, 0.4) is 0 Å². The van der Waals surface area contributed by atoms with Crippen molar-refractivity contribution in [1.82, 2.24) is 9.78 Å². The first-order chi connectivity index (χ1) is 9.19. The number of piperidine rings is 1. The Morgan fingerprint density at radius 3 is 3.00 bits per heavy atom. The monoisotopic (exact) mass is 284 g/mol. The Morgan fingerprint density at radius 1 is 1.53 bits per heavy atom. The fraction of sp³-hybridized carbons (Fsp3) is 0.692. The van der Waals surface area contributed by atoms with Crippen LogP contribution in [0.5, 0.6) is 0 Å². The summed E-state index contributed by atoms with van der Waals surface area (Å²) in [5, 5.41) is 4.48. The molecule has 1 unspecified atom stereocenters. The Morgan fingerprint density at radius 2 is 2.32 bits per heavy atom. The van der Waals surface area contributed by atoms with E-state index >= 15 is 0 Å². The van der Waals surface area contributed by atoms with Gasteiger partial charge in [0.15, 0.2) is 0 Å². The molecule has 0 bridgehead atoms. The lowest BCUT2D eigenvalue weighted by atomic mass is 10.0. The van der Waals surface area contributed by atoms with Crippen LogP contribution < -0.4 is 16.2 Å². The van der Waals surface area contributed by atoms with Crippen molar-refractivity contribution in [3.8, 4) is 0 Å². The second-order valence-corrected chi connectivity index (χ2v) is 5.33. The minimum absolute atomic E-state index is 0.206. The molecule has 6 heteroatoms. The second kappa shape index (κ2) is 6.39. The van der Waals surface area contributed by atoms with Gasteiger partial charge in [-0.05, 0) is 25.7 Å². The highest BCUT2D eigenvalue weighted by molar-refractivity contribution is 6.33. The van der Waals surface area contributed by atoms with Gasteiger partial charge in [0.1, 0.15) is 5.02 Å². The van der Waals surface area contributed by atoms with Crippen LogP contribution in [0.15, 0.2) is 11.0 Å². The molecule has 0 spiro atoms. The normalized spacial score (nSPS) is 19.7. The Bertz CT molecular complexity index is 488.